The smallest absolute Gasteiger partial charge is 0.311 e. The van der Waals surface area contributed by atoms with Gasteiger partial charge in [0.2, 0.25) is 0 Å². The van der Waals surface area contributed by atoms with Crippen LogP contribution in [0.1, 0.15) is 94.9 Å². The van der Waals surface area contributed by atoms with Crippen LogP contribution in [0.15, 0.2) is 5.16 Å². The Balaban J connectivity index is 2.21. The first-order valence-corrected chi connectivity index (χ1v) is 18.8. The van der Waals surface area contributed by atoms with Gasteiger partial charge in [0.05, 0.1) is 59.4 Å². The van der Waals surface area contributed by atoms with Crippen molar-refractivity contribution in [3.05, 3.63) is 0 Å². The van der Waals surface area contributed by atoms with Crippen LogP contribution in [0.25, 0.3) is 0 Å². The molecule has 0 radical (unpaired) electrons. The molecule has 52 heavy (non-hydrogen) atoms. The molecule has 0 unspecified atom stereocenters. The number of likely N-dealkylation sites (N-methyl/N-ethyl adjacent to an activating group) is 1. The van der Waals surface area contributed by atoms with Gasteiger partial charge in [0.1, 0.15) is 17.8 Å². The highest BCUT2D eigenvalue weighted by molar-refractivity contribution is 5.88. The van der Waals surface area contributed by atoms with Crippen LogP contribution in [0.2, 0.25) is 0 Å². The minimum Gasteiger partial charge on any atom is -0.459 e. The average molecular weight is 748 g/mol. The Morgan fingerprint density at radius 2 is 1.60 bits per heavy atom. The second-order valence-electron chi connectivity index (χ2n) is 16.7. The van der Waals surface area contributed by atoms with E-state index in [1.54, 1.807) is 48.7 Å². The van der Waals surface area contributed by atoms with Gasteiger partial charge >= 0.3 is 5.97 Å². The van der Waals surface area contributed by atoms with Crippen LogP contribution < -0.4 is 5.73 Å². The Kier molecular flexibility index (Phi) is 15.1. The summed E-state index contributed by atoms with van der Waals surface area (Å²) in [6.45, 7) is 17.0. The van der Waals surface area contributed by atoms with Crippen molar-refractivity contribution in [2.75, 3.05) is 21.2 Å². The number of carbonyl (C=O) groups excluding carboxylic acids is 1. The molecule has 0 aromatic rings. The molecule has 0 saturated carbocycles. The second kappa shape index (κ2) is 17.5. The van der Waals surface area contributed by atoms with Gasteiger partial charge in [0, 0.05) is 37.3 Å². The molecule has 0 aromatic heterocycles. The van der Waals surface area contributed by atoms with E-state index in [1.165, 1.54) is 6.92 Å². The molecule has 0 aliphatic carbocycles. The van der Waals surface area contributed by atoms with Gasteiger partial charge in [0.25, 0.3) is 0 Å². The second-order valence-corrected chi connectivity index (χ2v) is 16.7. The molecule has 0 aromatic carbocycles. The summed E-state index contributed by atoms with van der Waals surface area (Å²) in [5.74, 6) is -4.13. The number of rotatable bonds is 7. The zero-order valence-corrected chi connectivity index (χ0v) is 33.6. The molecule has 7 N–H and O–H groups in total. The van der Waals surface area contributed by atoms with Gasteiger partial charge in [-0.3, -0.25) is 4.79 Å². The van der Waals surface area contributed by atoms with Gasteiger partial charge in [-0.1, -0.05) is 32.9 Å². The van der Waals surface area contributed by atoms with Gasteiger partial charge in [0.15, 0.2) is 12.6 Å². The van der Waals surface area contributed by atoms with Crippen molar-refractivity contribution < 1.29 is 58.8 Å². The number of methoxy groups -OCH3 is 1. The summed E-state index contributed by atoms with van der Waals surface area (Å²) >= 11 is 0. The van der Waals surface area contributed by atoms with Crippen LogP contribution in [-0.4, -0.2) is 148 Å². The highest BCUT2D eigenvalue weighted by Crippen LogP contribution is 2.40. The Morgan fingerprint density at radius 3 is 2.13 bits per heavy atom. The fourth-order valence-corrected chi connectivity index (χ4v) is 8.65. The molecule has 3 saturated heterocycles. The SMILES string of the molecule is CC[C@H]1OC(=O)[C@H](C)[C@@H](O[C@H]2C[C@@](C)(OC)[C@@H](N)[C@H](C)O2)[C@H](C)[C@@H](O[C@@H]2O[C@H](C)C[C@H](N(C)C)[C@H]2O)[C@](C)(O)C[C@@H](C)/C(=N\O)[C@H](C)[C@@H](O)[C@]1(C)O. The maximum Gasteiger partial charge on any atom is 0.311 e. The number of nitrogens with two attached hydrogens (primary N) is 1. The lowest BCUT2D eigenvalue weighted by molar-refractivity contribution is -0.311. The summed E-state index contributed by atoms with van der Waals surface area (Å²) < 4.78 is 37.6. The number of nitrogens with zero attached hydrogens (tertiary/aromatic N) is 2. The zero-order chi connectivity index (χ0) is 39.7. The first kappa shape index (κ1) is 44.9. The highest BCUT2D eigenvalue weighted by atomic mass is 16.7. The van der Waals surface area contributed by atoms with Crippen molar-refractivity contribution in [1.29, 1.82) is 0 Å². The van der Waals surface area contributed by atoms with E-state index in [-0.39, 0.29) is 37.1 Å². The van der Waals surface area contributed by atoms with E-state index < -0.39 is 102 Å². The molecular weight excluding hydrogens is 678 g/mol. The number of ether oxygens (including phenoxy) is 6. The van der Waals surface area contributed by atoms with Crippen LogP contribution in [0.3, 0.4) is 0 Å². The van der Waals surface area contributed by atoms with Crippen LogP contribution in [0.5, 0.6) is 0 Å². The number of hydrogen-bond acceptors (Lipinski definition) is 15. The van der Waals surface area contributed by atoms with E-state index in [4.69, 9.17) is 34.2 Å². The first-order valence-electron chi connectivity index (χ1n) is 18.8. The highest BCUT2D eigenvalue weighted by Gasteiger charge is 2.53. The van der Waals surface area contributed by atoms with Crippen molar-refractivity contribution >= 4 is 11.7 Å². The lowest BCUT2D eigenvalue weighted by Gasteiger charge is -2.49. The predicted octanol–water partition coefficient (Wildman–Crippen LogP) is 2.01. The van der Waals surface area contributed by atoms with Crippen LogP contribution >= 0.6 is 0 Å². The molecule has 0 amide bonds. The van der Waals surface area contributed by atoms with E-state index in [0.29, 0.717) is 6.42 Å². The Bertz CT molecular complexity index is 1200. The number of aliphatic hydroxyl groups is 4. The van der Waals surface area contributed by atoms with Crippen molar-refractivity contribution in [3.8, 4) is 0 Å². The van der Waals surface area contributed by atoms with Crippen molar-refractivity contribution in [3.63, 3.8) is 0 Å². The molecule has 3 heterocycles. The fraction of sp³-hybridized carbons (Fsp3) is 0.946. The molecule has 3 aliphatic heterocycles. The van der Waals surface area contributed by atoms with Crippen molar-refractivity contribution in [1.82, 2.24) is 4.90 Å². The predicted molar refractivity (Wildman–Crippen MR) is 192 cm³/mol. The molecule has 3 fully saturated rings. The van der Waals surface area contributed by atoms with Crippen molar-refractivity contribution in [2.24, 2.45) is 34.6 Å². The normalized spacial score (nSPS) is 49.8. The molecule has 0 spiro atoms. The summed E-state index contributed by atoms with van der Waals surface area (Å²) in [6, 6.07) is -0.783. The standard InChI is InChI=1S/C37H69N3O12/c1-14-25-37(10,45)31(42)20(4)27(39-46)18(2)16-35(8,44)32(52-34-28(41)24(40(11)12)15-19(3)48-34)21(5)29(22(6)33(43)50-25)51-26-17-36(9,47-13)30(38)23(7)49-26/h18-26,28-32,34,41-42,44-46H,14-17,38H2,1-13H3/b39-27+/t18-,19-,20+,21+,22-,23+,24+,25-,26+,28-,29+,30+,31-,32-,34+,35-,36-,37-/m1/s1. The molecule has 18 atom stereocenters. The van der Waals surface area contributed by atoms with Gasteiger partial charge in [-0.05, 0) is 74.9 Å². The number of oxime groups is 1. The summed E-state index contributed by atoms with van der Waals surface area (Å²) in [4.78, 5) is 16.1. The molecule has 3 rings (SSSR count). The third-order valence-corrected chi connectivity index (χ3v) is 12.1. The minimum absolute atomic E-state index is 0.0492. The molecule has 3 aliphatic rings. The number of carbonyl (C=O) groups is 1. The molecule has 304 valence electrons. The fourth-order valence-electron chi connectivity index (χ4n) is 8.65. The van der Waals surface area contributed by atoms with E-state index in [0.717, 1.165) is 0 Å². The van der Waals surface area contributed by atoms with Gasteiger partial charge in [-0.15, -0.1) is 0 Å². The van der Waals surface area contributed by atoms with Gasteiger partial charge < -0.3 is 64.7 Å². The Morgan fingerprint density at radius 1 is 0.981 bits per heavy atom. The maximum absolute atomic E-state index is 14.2. The largest absolute Gasteiger partial charge is 0.459 e. The summed E-state index contributed by atoms with van der Waals surface area (Å²) in [5, 5.41) is 61.0. The molecule has 0 bridgehead atoms. The quantitative estimate of drug-likeness (QED) is 0.125. The monoisotopic (exact) mass is 747 g/mol. The van der Waals surface area contributed by atoms with E-state index in [2.05, 4.69) is 5.16 Å². The topological polar surface area (TPSA) is 215 Å². The Hall–Kier alpha value is -1.50. The van der Waals surface area contributed by atoms with E-state index >= 15 is 0 Å². The molecular formula is C37H69N3O12. The van der Waals surface area contributed by atoms with E-state index in [1.807, 2.05) is 39.8 Å². The maximum atomic E-state index is 14.2. The molecule has 15 heteroatoms. The lowest BCUT2D eigenvalue weighted by atomic mass is 9.73. The third kappa shape index (κ3) is 9.47. The van der Waals surface area contributed by atoms with Gasteiger partial charge in [-0.2, -0.15) is 0 Å². The van der Waals surface area contributed by atoms with Crippen LogP contribution in [0, 0.1) is 23.7 Å². The minimum atomic E-state index is -1.95. The molecule has 15 nitrogen and oxygen atoms in total. The van der Waals surface area contributed by atoms with Crippen LogP contribution in [-0.2, 0) is 33.2 Å². The third-order valence-electron chi connectivity index (χ3n) is 12.1. The number of cyclic esters (lactones) is 1. The number of hydrogen-bond donors (Lipinski definition) is 6. The summed E-state index contributed by atoms with van der Waals surface area (Å²) in [7, 11) is 5.29. The lowest BCUT2D eigenvalue weighted by Crippen LogP contribution is -2.62. The Labute approximate surface area is 310 Å². The van der Waals surface area contributed by atoms with E-state index in [9.17, 15) is 30.4 Å². The summed E-state index contributed by atoms with van der Waals surface area (Å²) in [6.07, 6.45) is -7.94. The first-order chi connectivity index (χ1) is 24.0. The number of aliphatic hydroxyl groups excluding tert-OH is 2. The summed E-state index contributed by atoms with van der Waals surface area (Å²) in [5.41, 5.74) is 2.06. The average Bonchev–Trinajstić information content (AvgIpc) is 3.06. The van der Waals surface area contributed by atoms with Crippen molar-refractivity contribution in [2.45, 2.75) is 179 Å². The van der Waals surface area contributed by atoms with Gasteiger partial charge in [-0.25, -0.2) is 0 Å². The van der Waals surface area contributed by atoms with Crippen LogP contribution in [0.4, 0.5) is 0 Å². The zero-order valence-electron chi connectivity index (χ0n) is 33.6. The number of esters is 1.